The number of hydrogen-bond acceptors (Lipinski definition) is 5. The van der Waals surface area contributed by atoms with Crippen molar-refractivity contribution >= 4 is 5.97 Å². The zero-order valence-electron chi connectivity index (χ0n) is 24.7. The Morgan fingerprint density at radius 3 is 1.60 bits per heavy atom. The number of carbonyl (C=O) groups is 1. The number of esters is 1. The Labute approximate surface area is 241 Å². The van der Waals surface area contributed by atoms with Crippen LogP contribution in [0.15, 0.2) is 72.8 Å². The third-order valence-electron chi connectivity index (χ3n) is 7.18. The fourth-order valence-corrected chi connectivity index (χ4v) is 4.57. The summed E-state index contributed by atoms with van der Waals surface area (Å²) in [7, 11) is 0. The molecule has 0 spiro atoms. The molecular formula is C35H47NO4. The highest BCUT2D eigenvalue weighted by Crippen LogP contribution is 2.25. The van der Waals surface area contributed by atoms with Crippen LogP contribution in [0.25, 0.3) is 11.1 Å². The highest BCUT2D eigenvalue weighted by molar-refractivity contribution is 5.91. The Morgan fingerprint density at radius 1 is 0.575 bits per heavy atom. The lowest BCUT2D eigenvalue weighted by Gasteiger charge is -2.18. The third kappa shape index (κ3) is 11.1. The summed E-state index contributed by atoms with van der Waals surface area (Å²) in [6.07, 6.45) is 10.2. The van der Waals surface area contributed by atoms with E-state index in [4.69, 9.17) is 14.2 Å². The molecule has 216 valence electrons. The van der Waals surface area contributed by atoms with Gasteiger partial charge in [0.1, 0.15) is 23.9 Å². The molecule has 0 aromatic heterocycles. The molecular weight excluding hydrogens is 498 g/mol. The summed E-state index contributed by atoms with van der Waals surface area (Å²) >= 11 is 0. The summed E-state index contributed by atoms with van der Waals surface area (Å²) in [5, 5.41) is 0. The highest BCUT2D eigenvalue weighted by Gasteiger charge is 2.10. The number of ether oxygens (including phenoxy) is 3. The first kappa shape index (κ1) is 31.2. The maximum Gasteiger partial charge on any atom is 0.343 e. The number of likely N-dealkylation sites (N-methyl/N-ethyl adjacent to an activating group) is 1. The number of rotatable bonds is 19. The van der Waals surface area contributed by atoms with Crippen molar-refractivity contribution < 1.29 is 19.0 Å². The van der Waals surface area contributed by atoms with Gasteiger partial charge in [0.25, 0.3) is 0 Å². The monoisotopic (exact) mass is 545 g/mol. The van der Waals surface area contributed by atoms with Crippen LogP contribution in [0.2, 0.25) is 0 Å². The lowest BCUT2D eigenvalue weighted by Crippen LogP contribution is -2.27. The van der Waals surface area contributed by atoms with E-state index in [1.807, 2.05) is 60.7 Å². The van der Waals surface area contributed by atoms with E-state index in [2.05, 4.69) is 25.7 Å². The van der Waals surface area contributed by atoms with Crippen molar-refractivity contribution in [3.05, 3.63) is 78.4 Å². The second kappa shape index (κ2) is 18.1. The molecule has 0 aliphatic heterocycles. The van der Waals surface area contributed by atoms with Crippen LogP contribution in [0, 0.1) is 0 Å². The van der Waals surface area contributed by atoms with Crippen LogP contribution in [-0.2, 0) is 0 Å². The lowest BCUT2D eigenvalue weighted by atomic mass is 10.1. The van der Waals surface area contributed by atoms with Crippen molar-refractivity contribution in [2.24, 2.45) is 0 Å². The largest absolute Gasteiger partial charge is 0.494 e. The normalized spacial score (nSPS) is 11.0. The molecule has 0 N–H and O–H groups in total. The van der Waals surface area contributed by atoms with E-state index in [9.17, 15) is 4.79 Å². The van der Waals surface area contributed by atoms with Crippen molar-refractivity contribution in [2.45, 2.75) is 72.1 Å². The predicted octanol–water partition coefficient (Wildman–Crippen LogP) is 8.81. The molecule has 0 saturated carbocycles. The molecule has 0 fully saturated rings. The Morgan fingerprint density at radius 2 is 1.05 bits per heavy atom. The van der Waals surface area contributed by atoms with Crippen molar-refractivity contribution in [1.82, 2.24) is 4.90 Å². The molecule has 0 unspecified atom stereocenters. The van der Waals surface area contributed by atoms with Gasteiger partial charge in [-0.3, -0.25) is 0 Å². The molecule has 3 aromatic carbocycles. The SMILES string of the molecule is CCCCCCCCCCOc1ccc(C(=O)Oc2ccc(-c3ccc(OCCN(CC)CC)cc3)cc2)cc1. The average molecular weight is 546 g/mol. The van der Waals surface area contributed by atoms with Gasteiger partial charge in [-0.1, -0.05) is 90.0 Å². The van der Waals surface area contributed by atoms with Gasteiger partial charge in [-0.2, -0.15) is 0 Å². The summed E-state index contributed by atoms with van der Waals surface area (Å²) < 4.78 is 17.3. The molecule has 0 aliphatic rings. The van der Waals surface area contributed by atoms with Gasteiger partial charge in [0, 0.05) is 6.54 Å². The standard InChI is InChI=1S/C35H47NO4/c1-4-7-8-9-10-11-12-13-27-38-32-22-18-31(19-23-32)35(37)40-34-24-16-30(17-25-34)29-14-20-33(21-15-29)39-28-26-36(5-2)6-3/h14-25H,4-13,26-28H2,1-3H3. The van der Waals surface area contributed by atoms with Crippen molar-refractivity contribution in [3.63, 3.8) is 0 Å². The first-order valence-electron chi connectivity index (χ1n) is 15.1. The molecule has 0 amide bonds. The lowest BCUT2D eigenvalue weighted by molar-refractivity contribution is 0.0734. The summed E-state index contributed by atoms with van der Waals surface area (Å²) in [4.78, 5) is 15.0. The number of hydrogen-bond donors (Lipinski definition) is 0. The second-order valence-corrected chi connectivity index (χ2v) is 10.2. The maximum absolute atomic E-state index is 12.6. The van der Waals surface area contributed by atoms with Gasteiger partial charge in [0.2, 0.25) is 0 Å². The molecule has 0 atom stereocenters. The molecule has 5 nitrogen and oxygen atoms in total. The van der Waals surface area contributed by atoms with Crippen molar-refractivity contribution in [2.75, 3.05) is 32.8 Å². The van der Waals surface area contributed by atoms with E-state index in [0.29, 0.717) is 24.5 Å². The molecule has 5 heteroatoms. The summed E-state index contributed by atoms with van der Waals surface area (Å²) in [6, 6.07) is 22.8. The van der Waals surface area contributed by atoms with Crippen LogP contribution in [0.1, 0.15) is 82.5 Å². The minimum absolute atomic E-state index is 0.381. The second-order valence-electron chi connectivity index (χ2n) is 10.2. The van der Waals surface area contributed by atoms with Gasteiger partial charge in [-0.05, 0) is 79.2 Å². The topological polar surface area (TPSA) is 48.0 Å². The average Bonchev–Trinajstić information content (AvgIpc) is 2.99. The van der Waals surface area contributed by atoms with E-state index < -0.39 is 0 Å². The molecule has 0 bridgehead atoms. The van der Waals surface area contributed by atoms with Gasteiger partial charge >= 0.3 is 5.97 Å². The predicted molar refractivity (Wildman–Crippen MR) is 165 cm³/mol. The van der Waals surface area contributed by atoms with Gasteiger partial charge in [0.05, 0.1) is 12.2 Å². The molecule has 0 heterocycles. The van der Waals surface area contributed by atoms with Crippen LogP contribution in [0.5, 0.6) is 17.2 Å². The smallest absolute Gasteiger partial charge is 0.343 e. The summed E-state index contributed by atoms with van der Waals surface area (Å²) in [5.74, 6) is 1.78. The van der Waals surface area contributed by atoms with E-state index in [0.717, 1.165) is 48.7 Å². The first-order valence-corrected chi connectivity index (χ1v) is 15.1. The van der Waals surface area contributed by atoms with E-state index in [-0.39, 0.29) is 5.97 Å². The Balaban J connectivity index is 1.39. The quantitative estimate of drug-likeness (QED) is 0.0856. The van der Waals surface area contributed by atoms with Crippen LogP contribution in [0.3, 0.4) is 0 Å². The molecule has 3 aromatic rings. The zero-order chi connectivity index (χ0) is 28.4. The number of unbranched alkanes of at least 4 members (excludes halogenated alkanes) is 7. The summed E-state index contributed by atoms with van der Waals surface area (Å²) in [5.41, 5.74) is 2.63. The third-order valence-corrected chi connectivity index (χ3v) is 7.18. The van der Waals surface area contributed by atoms with Crippen LogP contribution < -0.4 is 14.2 Å². The van der Waals surface area contributed by atoms with Gasteiger partial charge < -0.3 is 19.1 Å². The molecule has 40 heavy (non-hydrogen) atoms. The molecule has 0 saturated heterocycles. The fraction of sp³-hybridized carbons (Fsp3) is 0.457. The van der Waals surface area contributed by atoms with Crippen LogP contribution in [-0.4, -0.2) is 43.7 Å². The van der Waals surface area contributed by atoms with E-state index in [1.165, 1.54) is 44.9 Å². The summed E-state index contributed by atoms with van der Waals surface area (Å²) in [6.45, 7) is 10.9. The number of benzene rings is 3. The maximum atomic E-state index is 12.6. The van der Waals surface area contributed by atoms with Gasteiger partial charge in [-0.15, -0.1) is 0 Å². The molecule has 0 aliphatic carbocycles. The molecule has 3 rings (SSSR count). The van der Waals surface area contributed by atoms with Crippen LogP contribution in [0.4, 0.5) is 0 Å². The zero-order valence-corrected chi connectivity index (χ0v) is 24.7. The first-order chi connectivity index (χ1) is 19.6. The fourth-order valence-electron chi connectivity index (χ4n) is 4.57. The van der Waals surface area contributed by atoms with E-state index in [1.54, 1.807) is 12.1 Å². The van der Waals surface area contributed by atoms with E-state index >= 15 is 0 Å². The Hall–Kier alpha value is -3.31. The minimum atomic E-state index is -0.381. The number of nitrogens with zero attached hydrogens (tertiary/aromatic N) is 1. The highest BCUT2D eigenvalue weighted by atomic mass is 16.5. The van der Waals surface area contributed by atoms with Crippen molar-refractivity contribution in [3.8, 4) is 28.4 Å². The Bertz CT molecular complexity index is 1090. The van der Waals surface area contributed by atoms with Crippen molar-refractivity contribution in [1.29, 1.82) is 0 Å². The number of carbonyl (C=O) groups excluding carboxylic acids is 1. The molecule has 0 radical (unpaired) electrons. The Kier molecular flexibility index (Phi) is 14.1. The minimum Gasteiger partial charge on any atom is -0.494 e. The van der Waals surface area contributed by atoms with Gasteiger partial charge in [0.15, 0.2) is 0 Å². The van der Waals surface area contributed by atoms with Gasteiger partial charge in [-0.25, -0.2) is 4.79 Å². The van der Waals surface area contributed by atoms with Crippen LogP contribution >= 0.6 is 0 Å².